The smallest absolute Gasteiger partial charge is 0.407 e. The highest BCUT2D eigenvalue weighted by atomic mass is 32.1. The molecule has 1 amide bonds. The lowest BCUT2D eigenvalue weighted by Crippen LogP contribution is -2.36. The van der Waals surface area contributed by atoms with Crippen molar-refractivity contribution in [3.8, 4) is 0 Å². The molecule has 1 saturated heterocycles. The summed E-state index contributed by atoms with van der Waals surface area (Å²) < 4.78 is 0. The molecule has 5 heteroatoms. The maximum absolute atomic E-state index is 11.0. The summed E-state index contributed by atoms with van der Waals surface area (Å²) in [6, 6.07) is 14.7. The Labute approximate surface area is 156 Å². The van der Waals surface area contributed by atoms with Crippen LogP contribution in [0.2, 0.25) is 0 Å². The van der Waals surface area contributed by atoms with Crippen LogP contribution >= 0.6 is 11.3 Å². The van der Waals surface area contributed by atoms with Gasteiger partial charge in [0.15, 0.2) is 0 Å². The van der Waals surface area contributed by atoms with Gasteiger partial charge in [0, 0.05) is 24.4 Å². The molecule has 132 valence electrons. The van der Waals surface area contributed by atoms with Gasteiger partial charge in [-0.15, -0.1) is 11.3 Å². The van der Waals surface area contributed by atoms with Crippen molar-refractivity contribution in [2.75, 3.05) is 13.1 Å². The maximum Gasteiger partial charge on any atom is 0.407 e. The number of hydrogen-bond acceptors (Lipinski definition) is 3. The summed E-state index contributed by atoms with van der Waals surface area (Å²) in [7, 11) is 0. The second-order valence-corrected chi connectivity index (χ2v) is 7.45. The van der Waals surface area contributed by atoms with Gasteiger partial charge in [0.1, 0.15) is 0 Å². The predicted octanol–water partition coefficient (Wildman–Crippen LogP) is 5.32. The van der Waals surface area contributed by atoms with Crippen LogP contribution in [0.1, 0.15) is 35.0 Å². The topological polar surface area (TPSA) is 53.4 Å². The van der Waals surface area contributed by atoms with E-state index in [1.165, 1.54) is 21.2 Å². The average molecular weight is 364 g/mol. The number of nitrogens with zero attached hydrogens (tertiary/aromatic N) is 2. The minimum atomic E-state index is -0.818. The highest BCUT2D eigenvalue weighted by molar-refractivity contribution is 7.09. The molecule has 0 aliphatic carbocycles. The van der Waals surface area contributed by atoms with Gasteiger partial charge in [0.2, 0.25) is 0 Å². The third kappa shape index (κ3) is 3.48. The van der Waals surface area contributed by atoms with Crippen LogP contribution in [-0.4, -0.2) is 34.2 Å². The first-order chi connectivity index (χ1) is 12.7. The van der Waals surface area contributed by atoms with Crippen LogP contribution in [0.5, 0.6) is 0 Å². The number of benzene rings is 2. The molecule has 1 fully saturated rings. The van der Waals surface area contributed by atoms with E-state index < -0.39 is 6.09 Å². The SMILES string of the molecule is O=C(O)N1CCC(c2nc(/C=C\c3cccc4ccccc34)cs2)CC1. The minimum Gasteiger partial charge on any atom is -0.465 e. The van der Waals surface area contributed by atoms with E-state index in [0.717, 1.165) is 23.5 Å². The van der Waals surface area contributed by atoms with Crippen molar-refractivity contribution in [2.45, 2.75) is 18.8 Å². The van der Waals surface area contributed by atoms with Gasteiger partial charge in [-0.1, -0.05) is 48.5 Å². The van der Waals surface area contributed by atoms with Gasteiger partial charge in [-0.05, 0) is 35.3 Å². The van der Waals surface area contributed by atoms with Crippen molar-refractivity contribution in [3.05, 3.63) is 64.1 Å². The quantitative estimate of drug-likeness (QED) is 0.684. The Morgan fingerprint density at radius 3 is 2.69 bits per heavy atom. The Balaban J connectivity index is 1.48. The fraction of sp³-hybridized carbons (Fsp3) is 0.238. The van der Waals surface area contributed by atoms with Crippen molar-refractivity contribution in [3.63, 3.8) is 0 Å². The third-order valence-corrected chi connectivity index (χ3v) is 5.94. The highest BCUT2D eigenvalue weighted by Crippen LogP contribution is 2.31. The Hall–Kier alpha value is -2.66. The van der Waals surface area contributed by atoms with E-state index in [1.54, 1.807) is 11.3 Å². The van der Waals surface area contributed by atoms with Crippen LogP contribution in [0.25, 0.3) is 22.9 Å². The number of hydrogen-bond donors (Lipinski definition) is 1. The number of carbonyl (C=O) groups is 1. The van der Waals surface area contributed by atoms with Gasteiger partial charge in [-0.3, -0.25) is 0 Å². The first kappa shape index (κ1) is 16.8. The van der Waals surface area contributed by atoms with Crippen molar-refractivity contribution in [2.24, 2.45) is 0 Å². The Morgan fingerprint density at radius 1 is 1.12 bits per heavy atom. The van der Waals surface area contributed by atoms with Gasteiger partial charge >= 0.3 is 6.09 Å². The summed E-state index contributed by atoms with van der Waals surface area (Å²) >= 11 is 1.68. The number of thiazole rings is 1. The van der Waals surface area contributed by atoms with Crippen molar-refractivity contribution in [1.82, 2.24) is 9.88 Å². The van der Waals surface area contributed by atoms with Crippen LogP contribution in [0.4, 0.5) is 4.79 Å². The van der Waals surface area contributed by atoms with Gasteiger partial charge in [-0.2, -0.15) is 0 Å². The summed E-state index contributed by atoms with van der Waals surface area (Å²) in [5.41, 5.74) is 2.16. The Bertz CT molecular complexity index is 950. The fourth-order valence-corrected chi connectivity index (χ4v) is 4.41. The summed E-state index contributed by atoms with van der Waals surface area (Å²) in [5, 5.41) is 14.7. The standard InChI is InChI=1S/C21H20N2O2S/c24-21(25)23-12-10-17(11-13-23)20-22-18(14-26-20)9-8-16-6-3-5-15-4-1-2-7-19(15)16/h1-9,14,17H,10-13H2,(H,24,25)/b9-8-. The van der Waals surface area contributed by atoms with Crippen LogP contribution in [0.15, 0.2) is 47.8 Å². The molecule has 1 N–H and O–H groups in total. The average Bonchev–Trinajstić information content (AvgIpc) is 3.15. The number of piperidine rings is 1. The molecular weight excluding hydrogens is 344 g/mol. The zero-order valence-electron chi connectivity index (χ0n) is 14.3. The second kappa shape index (κ2) is 7.30. The first-order valence-corrected chi connectivity index (χ1v) is 9.68. The molecule has 0 bridgehead atoms. The van der Waals surface area contributed by atoms with Crippen LogP contribution in [0, 0.1) is 0 Å². The van der Waals surface area contributed by atoms with Crippen molar-refractivity contribution in [1.29, 1.82) is 0 Å². The second-order valence-electron chi connectivity index (χ2n) is 6.56. The van der Waals surface area contributed by atoms with Crippen LogP contribution < -0.4 is 0 Å². The number of likely N-dealkylation sites (tertiary alicyclic amines) is 1. The number of aromatic nitrogens is 1. The first-order valence-electron chi connectivity index (χ1n) is 8.80. The third-order valence-electron chi connectivity index (χ3n) is 4.91. The number of amides is 1. The summed E-state index contributed by atoms with van der Waals surface area (Å²) in [5.74, 6) is 0.371. The van der Waals surface area contributed by atoms with E-state index in [4.69, 9.17) is 10.1 Å². The Kier molecular flexibility index (Phi) is 4.71. The molecule has 4 rings (SSSR count). The molecule has 1 aliphatic heterocycles. The monoisotopic (exact) mass is 364 g/mol. The molecule has 3 aromatic rings. The molecule has 4 nitrogen and oxygen atoms in total. The minimum absolute atomic E-state index is 0.371. The van der Waals surface area contributed by atoms with E-state index in [2.05, 4.69) is 60.0 Å². The van der Waals surface area contributed by atoms with Crippen molar-refractivity contribution < 1.29 is 9.90 Å². The van der Waals surface area contributed by atoms with Gasteiger partial charge in [0.05, 0.1) is 10.7 Å². The molecule has 0 atom stereocenters. The van der Waals surface area contributed by atoms with Crippen LogP contribution in [-0.2, 0) is 0 Å². The predicted molar refractivity (Wildman–Crippen MR) is 107 cm³/mol. The fourth-order valence-electron chi connectivity index (χ4n) is 3.45. The normalized spacial score (nSPS) is 15.8. The van der Waals surface area contributed by atoms with E-state index in [9.17, 15) is 4.79 Å². The van der Waals surface area contributed by atoms with E-state index in [0.29, 0.717) is 19.0 Å². The molecule has 0 unspecified atom stereocenters. The highest BCUT2D eigenvalue weighted by Gasteiger charge is 2.25. The van der Waals surface area contributed by atoms with Crippen LogP contribution in [0.3, 0.4) is 0 Å². The maximum atomic E-state index is 11.0. The number of fused-ring (bicyclic) bond motifs is 1. The molecule has 0 spiro atoms. The molecule has 2 heterocycles. The molecular formula is C21H20N2O2S. The van der Waals surface area contributed by atoms with E-state index in [1.807, 2.05) is 0 Å². The summed E-state index contributed by atoms with van der Waals surface area (Å²) in [6.45, 7) is 1.20. The lowest BCUT2D eigenvalue weighted by Gasteiger charge is -2.28. The molecule has 26 heavy (non-hydrogen) atoms. The summed E-state index contributed by atoms with van der Waals surface area (Å²) in [6.07, 6.45) is 5.07. The zero-order chi connectivity index (χ0) is 17.9. The molecule has 1 aromatic heterocycles. The van der Waals surface area contributed by atoms with E-state index >= 15 is 0 Å². The van der Waals surface area contributed by atoms with Gasteiger partial charge in [-0.25, -0.2) is 9.78 Å². The van der Waals surface area contributed by atoms with Crippen molar-refractivity contribution >= 4 is 40.4 Å². The Morgan fingerprint density at radius 2 is 1.88 bits per heavy atom. The lowest BCUT2D eigenvalue weighted by molar-refractivity contribution is 0.132. The number of carboxylic acid groups (broad SMARTS) is 1. The molecule has 1 aliphatic rings. The van der Waals surface area contributed by atoms with Gasteiger partial charge < -0.3 is 10.0 Å². The molecule has 2 aromatic carbocycles. The van der Waals surface area contributed by atoms with E-state index in [-0.39, 0.29) is 0 Å². The zero-order valence-corrected chi connectivity index (χ0v) is 15.2. The lowest BCUT2D eigenvalue weighted by atomic mass is 9.98. The number of rotatable bonds is 3. The van der Waals surface area contributed by atoms with Gasteiger partial charge in [0.25, 0.3) is 0 Å². The molecule has 0 saturated carbocycles. The largest absolute Gasteiger partial charge is 0.465 e. The summed E-state index contributed by atoms with van der Waals surface area (Å²) in [4.78, 5) is 17.3. The molecule has 0 radical (unpaired) electrons.